The molecule has 6 heteroatoms. The average Bonchev–Trinajstić information content (AvgIpc) is 3.41. The highest BCUT2D eigenvalue weighted by Gasteiger charge is 2.28. The first-order valence-corrected chi connectivity index (χ1v) is 10.0. The number of nitrogens with one attached hydrogen (secondary N) is 1. The minimum absolute atomic E-state index is 0.0738. The summed E-state index contributed by atoms with van der Waals surface area (Å²) in [7, 11) is 0. The molecule has 1 saturated carbocycles. The number of amides is 1. The van der Waals surface area contributed by atoms with E-state index in [0.29, 0.717) is 23.2 Å². The molecule has 0 aliphatic heterocycles. The Morgan fingerprint density at radius 3 is 2.54 bits per heavy atom. The van der Waals surface area contributed by atoms with Gasteiger partial charge in [-0.1, -0.05) is 59.9 Å². The summed E-state index contributed by atoms with van der Waals surface area (Å²) < 4.78 is 5.54. The van der Waals surface area contributed by atoms with Gasteiger partial charge in [-0.25, -0.2) is 0 Å². The Balaban J connectivity index is 1.57. The summed E-state index contributed by atoms with van der Waals surface area (Å²) in [5.74, 6) is 1.06. The number of carbonyl (C=O) groups is 1. The molecule has 2 aromatic carbocycles. The van der Waals surface area contributed by atoms with Crippen molar-refractivity contribution in [3.63, 3.8) is 0 Å². The standard InChI is InChI=1S/C22H22ClN3O2/c23-18-12-10-16(11-13-18)20-25-22(28-26-20)19(14-15-6-2-1-3-7-15)24-21(27)17-8-4-5-9-17/h1-3,6-7,10-13,17,19H,4-5,8-9,14H2,(H,24,27)/t19-/m1/s1. The fourth-order valence-electron chi connectivity index (χ4n) is 3.62. The van der Waals surface area contributed by atoms with Crippen LogP contribution in [0.25, 0.3) is 11.4 Å². The second kappa shape index (κ2) is 8.57. The Bertz CT molecular complexity index is 918. The van der Waals surface area contributed by atoms with Crippen LogP contribution in [-0.2, 0) is 11.2 Å². The topological polar surface area (TPSA) is 68.0 Å². The molecule has 0 bridgehead atoms. The molecule has 1 aromatic heterocycles. The Labute approximate surface area is 169 Å². The van der Waals surface area contributed by atoms with Crippen molar-refractivity contribution in [3.8, 4) is 11.4 Å². The molecular weight excluding hydrogens is 374 g/mol. The van der Waals surface area contributed by atoms with Crippen LogP contribution in [0.3, 0.4) is 0 Å². The lowest BCUT2D eigenvalue weighted by molar-refractivity contribution is -0.125. The number of nitrogens with zero attached hydrogens (tertiary/aromatic N) is 2. The molecular formula is C22H22ClN3O2. The molecule has 1 N–H and O–H groups in total. The Hall–Kier alpha value is -2.66. The quantitative estimate of drug-likeness (QED) is 0.639. The van der Waals surface area contributed by atoms with Gasteiger partial charge in [0, 0.05) is 22.9 Å². The highest BCUT2D eigenvalue weighted by molar-refractivity contribution is 6.30. The number of benzene rings is 2. The molecule has 144 valence electrons. The van der Waals surface area contributed by atoms with Crippen molar-refractivity contribution >= 4 is 17.5 Å². The van der Waals surface area contributed by atoms with Gasteiger partial charge in [0.15, 0.2) is 0 Å². The van der Waals surface area contributed by atoms with Crippen LogP contribution in [-0.4, -0.2) is 16.0 Å². The maximum Gasteiger partial charge on any atom is 0.249 e. The van der Waals surface area contributed by atoms with E-state index >= 15 is 0 Å². The van der Waals surface area contributed by atoms with Gasteiger partial charge in [0.2, 0.25) is 17.6 Å². The summed E-state index contributed by atoms with van der Waals surface area (Å²) in [6.45, 7) is 0. The number of hydrogen-bond donors (Lipinski definition) is 1. The predicted molar refractivity (Wildman–Crippen MR) is 108 cm³/mol. The van der Waals surface area contributed by atoms with Crippen LogP contribution in [0.5, 0.6) is 0 Å². The van der Waals surface area contributed by atoms with Crippen molar-refractivity contribution in [1.82, 2.24) is 15.5 Å². The summed E-state index contributed by atoms with van der Waals surface area (Å²) in [6.07, 6.45) is 4.72. The van der Waals surface area contributed by atoms with Crippen molar-refractivity contribution in [2.45, 2.75) is 38.1 Å². The maximum atomic E-state index is 12.7. The van der Waals surface area contributed by atoms with Crippen LogP contribution < -0.4 is 5.32 Å². The lowest BCUT2D eigenvalue weighted by atomic mass is 10.0. The third-order valence-corrected chi connectivity index (χ3v) is 5.42. The molecule has 0 saturated heterocycles. The van der Waals surface area contributed by atoms with Gasteiger partial charge in [-0.05, 0) is 42.7 Å². The van der Waals surface area contributed by atoms with E-state index < -0.39 is 0 Å². The van der Waals surface area contributed by atoms with Crippen molar-refractivity contribution in [1.29, 1.82) is 0 Å². The second-order valence-electron chi connectivity index (χ2n) is 7.20. The lowest BCUT2D eigenvalue weighted by Gasteiger charge is -2.18. The van der Waals surface area contributed by atoms with E-state index in [4.69, 9.17) is 16.1 Å². The molecule has 4 rings (SSSR count). The zero-order valence-corrected chi connectivity index (χ0v) is 16.2. The lowest BCUT2D eigenvalue weighted by Crippen LogP contribution is -2.34. The van der Waals surface area contributed by atoms with Crippen LogP contribution in [0.1, 0.15) is 43.2 Å². The average molecular weight is 396 g/mol. The largest absolute Gasteiger partial charge is 0.344 e. The summed E-state index contributed by atoms with van der Waals surface area (Å²) >= 11 is 5.95. The highest BCUT2D eigenvalue weighted by Crippen LogP contribution is 2.27. The van der Waals surface area contributed by atoms with E-state index in [-0.39, 0.29) is 17.9 Å². The van der Waals surface area contributed by atoms with Crippen LogP contribution in [0.15, 0.2) is 59.1 Å². The zero-order valence-electron chi connectivity index (χ0n) is 15.5. The SMILES string of the molecule is O=C(N[C@H](Cc1ccccc1)c1nc(-c2ccc(Cl)cc2)no1)C1CCCC1. The first-order chi connectivity index (χ1) is 13.7. The number of aromatic nitrogens is 2. The van der Waals surface area contributed by atoms with E-state index in [1.165, 1.54) is 0 Å². The fraction of sp³-hybridized carbons (Fsp3) is 0.318. The predicted octanol–water partition coefficient (Wildman–Crippen LogP) is 4.98. The molecule has 5 nitrogen and oxygen atoms in total. The van der Waals surface area contributed by atoms with E-state index in [1.807, 2.05) is 42.5 Å². The van der Waals surface area contributed by atoms with Gasteiger partial charge >= 0.3 is 0 Å². The fourth-order valence-corrected chi connectivity index (χ4v) is 3.75. The summed E-state index contributed by atoms with van der Waals surface area (Å²) in [4.78, 5) is 17.3. The van der Waals surface area contributed by atoms with Gasteiger partial charge < -0.3 is 9.84 Å². The number of rotatable bonds is 6. The van der Waals surface area contributed by atoms with Crippen molar-refractivity contribution in [3.05, 3.63) is 71.1 Å². The minimum Gasteiger partial charge on any atom is -0.344 e. The first-order valence-electron chi connectivity index (χ1n) is 9.63. The number of halogens is 1. The molecule has 1 fully saturated rings. The van der Waals surface area contributed by atoms with Crippen LogP contribution in [0.2, 0.25) is 5.02 Å². The number of carbonyl (C=O) groups excluding carboxylic acids is 1. The molecule has 0 unspecified atom stereocenters. The van der Waals surface area contributed by atoms with Gasteiger partial charge in [0.05, 0.1) is 0 Å². The molecule has 1 heterocycles. The molecule has 0 spiro atoms. The number of hydrogen-bond acceptors (Lipinski definition) is 4. The van der Waals surface area contributed by atoms with Crippen LogP contribution in [0.4, 0.5) is 0 Å². The van der Waals surface area contributed by atoms with Crippen LogP contribution in [0, 0.1) is 5.92 Å². The molecule has 1 amide bonds. The Morgan fingerprint density at radius 2 is 1.82 bits per heavy atom. The first kappa shape index (κ1) is 18.7. The molecule has 28 heavy (non-hydrogen) atoms. The van der Waals surface area contributed by atoms with Gasteiger partial charge in [0.25, 0.3) is 0 Å². The van der Waals surface area contributed by atoms with Gasteiger partial charge in [0.1, 0.15) is 6.04 Å². The Kier molecular flexibility index (Phi) is 5.72. The monoisotopic (exact) mass is 395 g/mol. The van der Waals surface area contributed by atoms with Crippen molar-refractivity contribution < 1.29 is 9.32 Å². The smallest absolute Gasteiger partial charge is 0.249 e. The zero-order chi connectivity index (χ0) is 19.3. The minimum atomic E-state index is -0.357. The normalized spacial score (nSPS) is 15.5. The molecule has 1 aliphatic carbocycles. The van der Waals surface area contributed by atoms with Gasteiger partial charge in [-0.15, -0.1) is 0 Å². The van der Waals surface area contributed by atoms with Gasteiger partial charge in [-0.3, -0.25) is 4.79 Å². The third kappa shape index (κ3) is 4.42. The Morgan fingerprint density at radius 1 is 1.11 bits per heavy atom. The second-order valence-corrected chi connectivity index (χ2v) is 7.63. The van der Waals surface area contributed by atoms with Crippen molar-refractivity contribution in [2.75, 3.05) is 0 Å². The van der Waals surface area contributed by atoms with E-state index in [0.717, 1.165) is 36.8 Å². The van der Waals surface area contributed by atoms with Crippen LogP contribution >= 0.6 is 11.6 Å². The van der Waals surface area contributed by atoms with E-state index in [2.05, 4.69) is 15.5 Å². The van der Waals surface area contributed by atoms with Crippen molar-refractivity contribution in [2.24, 2.45) is 5.92 Å². The summed E-state index contributed by atoms with van der Waals surface area (Å²) in [5, 5.41) is 7.90. The maximum absolute atomic E-state index is 12.7. The van der Waals surface area contributed by atoms with Gasteiger partial charge in [-0.2, -0.15) is 4.98 Å². The highest BCUT2D eigenvalue weighted by atomic mass is 35.5. The molecule has 3 aromatic rings. The molecule has 1 atom stereocenters. The third-order valence-electron chi connectivity index (χ3n) is 5.17. The summed E-state index contributed by atoms with van der Waals surface area (Å²) in [6, 6.07) is 16.9. The summed E-state index contributed by atoms with van der Waals surface area (Å²) in [5.41, 5.74) is 1.92. The molecule has 0 radical (unpaired) electrons. The van der Waals surface area contributed by atoms with E-state index in [9.17, 15) is 4.79 Å². The van der Waals surface area contributed by atoms with E-state index in [1.54, 1.807) is 12.1 Å². The molecule has 1 aliphatic rings.